The number of hydrogen-bond donors (Lipinski definition) is 1. The SMILES string of the molecule is COC(=O)c1ccc(CN2CC[C@H](O)C2)cc1Br. The lowest BCUT2D eigenvalue weighted by Crippen LogP contribution is -2.21. The van der Waals surface area contributed by atoms with Gasteiger partial charge in [-0.15, -0.1) is 0 Å². The second-order valence-electron chi connectivity index (χ2n) is 4.48. The third-order valence-electron chi connectivity index (χ3n) is 3.09. The molecule has 0 saturated carbocycles. The van der Waals surface area contributed by atoms with Crippen LogP contribution in [0.15, 0.2) is 22.7 Å². The van der Waals surface area contributed by atoms with E-state index in [1.807, 2.05) is 12.1 Å². The molecule has 0 aromatic heterocycles. The Balaban J connectivity index is 2.07. The molecule has 98 valence electrons. The number of ether oxygens (including phenoxy) is 1. The fourth-order valence-corrected chi connectivity index (χ4v) is 2.73. The molecule has 4 nitrogen and oxygen atoms in total. The van der Waals surface area contributed by atoms with E-state index in [1.54, 1.807) is 6.07 Å². The van der Waals surface area contributed by atoms with Gasteiger partial charge in [-0.3, -0.25) is 4.90 Å². The predicted molar refractivity (Wildman–Crippen MR) is 71.4 cm³/mol. The average Bonchev–Trinajstić information content (AvgIpc) is 2.74. The Morgan fingerprint density at radius 1 is 1.61 bits per heavy atom. The zero-order valence-electron chi connectivity index (χ0n) is 10.2. The third-order valence-corrected chi connectivity index (χ3v) is 3.75. The topological polar surface area (TPSA) is 49.8 Å². The summed E-state index contributed by atoms with van der Waals surface area (Å²) in [4.78, 5) is 13.6. The highest BCUT2D eigenvalue weighted by Crippen LogP contribution is 2.21. The van der Waals surface area contributed by atoms with Crippen LogP contribution in [0.4, 0.5) is 0 Å². The molecule has 5 heteroatoms. The van der Waals surface area contributed by atoms with Gasteiger partial charge in [-0.25, -0.2) is 4.79 Å². The first-order chi connectivity index (χ1) is 8.60. The number of aliphatic hydroxyl groups excluding tert-OH is 1. The van der Waals surface area contributed by atoms with Gasteiger partial charge in [-0.1, -0.05) is 6.07 Å². The Hall–Kier alpha value is -0.910. The van der Waals surface area contributed by atoms with E-state index in [4.69, 9.17) is 4.74 Å². The first-order valence-corrected chi connectivity index (χ1v) is 6.66. The van der Waals surface area contributed by atoms with E-state index in [0.29, 0.717) is 5.56 Å². The van der Waals surface area contributed by atoms with E-state index in [2.05, 4.69) is 20.8 Å². The standard InChI is InChI=1S/C13H16BrNO3/c1-18-13(17)11-3-2-9(6-12(11)14)7-15-5-4-10(16)8-15/h2-3,6,10,16H,4-5,7-8H2,1H3/t10-/m0/s1. The molecule has 1 atom stereocenters. The van der Waals surface area contributed by atoms with Gasteiger partial charge in [-0.05, 0) is 40.0 Å². The average molecular weight is 314 g/mol. The van der Waals surface area contributed by atoms with Gasteiger partial charge in [0, 0.05) is 24.1 Å². The number of hydrogen-bond acceptors (Lipinski definition) is 4. The van der Waals surface area contributed by atoms with Gasteiger partial charge in [-0.2, -0.15) is 0 Å². The monoisotopic (exact) mass is 313 g/mol. The largest absolute Gasteiger partial charge is 0.465 e. The molecule has 0 bridgehead atoms. The number of benzene rings is 1. The maximum absolute atomic E-state index is 11.4. The van der Waals surface area contributed by atoms with Crippen LogP contribution in [0.1, 0.15) is 22.3 Å². The van der Waals surface area contributed by atoms with Crippen molar-refractivity contribution in [3.63, 3.8) is 0 Å². The van der Waals surface area contributed by atoms with Crippen LogP contribution < -0.4 is 0 Å². The Kier molecular flexibility index (Phi) is 4.37. The van der Waals surface area contributed by atoms with Crippen molar-refractivity contribution in [2.75, 3.05) is 20.2 Å². The van der Waals surface area contributed by atoms with Crippen LogP contribution >= 0.6 is 15.9 Å². The summed E-state index contributed by atoms with van der Waals surface area (Å²) in [5.74, 6) is -0.343. The zero-order chi connectivity index (χ0) is 13.1. The van der Waals surface area contributed by atoms with Crippen molar-refractivity contribution in [1.29, 1.82) is 0 Å². The molecular weight excluding hydrogens is 298 g/mol. The summed E-state index contributed by atoms with van der Waals surface area (Å²) in [5.41, 5.74) is 1.64. The molecule has 1 saturated heterocycles. The van der Waals surface area contributed by atoms with E-state index in [-0.39, 0.29) is 12.1 Å². The normalized spacial score (nSPS) is 20.1. The van der Waals surface area contributed by atoms with E-state index in [1.165, 1.54) is 7.11 Å². The molecule has 1 aliphatic heterocycles. The highest BCUT2D eigenvalue weighted by molar-refractivity contribution is 9.10. The number of aliphatic hydroxyl groups is 1. The molecule has 1 aromatic rings. The molecule has 1 aliphatic rings. The highest BCUT2D eigenvalue weighted by atomic mass is 79.9. The fraction of sp³-hybridized carbons (Fsp3) is 0.462. The number of likely N-dealkylation sites (tertiary alicyclic amines) is 1. The number of halogens is 1. The van der Waals surface area contributed by atoms with Gasteiger partial charge >= 0.3 is 5.97 Å². The van der Waals surface area contributed by atoms with Gasteiger partial charge < -0.3 is 9.84 Å². The zero-order valence-corrected chi connectivity index (χ0v) is 11.8. The quantitative estimate of drug-likeness (QED) is 0.865. The lowest BCUT2D eigenvalue weighted by Gasteiger charge is -2.15. The van der Waals surface area contributed by atoms with Gasteiger partial charge in [0.1, 0.15) is 0 Å². The molecule has 1 aromatic carbocycles. The molecular formula is C13H16BrNO3. The van der Waals surface area contributed by atoms with Crippen LogP contribution in [-0.4, -0.2) is 42.3 Å². The lowest BCUT2D eigenvalue weighted by molar-refractivity contribution is 0.0599. The molecule has 0 unspecified atom stereocenters. The molecule has 1 fully saturated rings. The number of carbonyl (C=O) groups excluding carboxylic acids is 1. The van der Waals surface area contributed by atoms with Gasteiger partial charge in [0.15, 0.2) is 0 Å². The maximum atomic E-state index is 11.4. The Morgan fingerprint density at radius 2 is 2.39 bits per heavy atom. The molecule has 1 N–H and O–H groups in total. The molecule has 2 rings (SSSR count). The second kappa shape index (κ2) is 5.82. The Bertz CT molecular complexity index is 450. The minimum Gasteiger partial charge on any atom is -0.465 e. The van der Waals surface area contributed by atoms with E-state index >= 15 is 0 Å². The molecule has 0 aliphatic carbocycles. The number of rotatable bonds is 3. The van der Waals surface area contributed by atoms with Crippen LogP contribution in [0.5, 0.6) is 0 Å². The third kappa shape index (κ3) is 3.10. The van der Waals surface area contributed by atoms with Crippen LogP contribution in [-0.2, 0) is 11.3 Å². The van der Waals surface area contributed by atoms with E-state index in [0.717, 1.165) is 36.1 Å². The number of carbonyl (C=O) groups is 1. The summed E-state index contributed by atoms with van der Waals surface area (Å²) in [6.07, 6.45) is 0.629. The minimum atomic E-state index is -0.343. The van der Waals surface area contributed by atoms with Crippen LogP contribution in [0.2, 0.25) is 0 Å². The molecule has 0 spiro atoms. The second-order valence-corrected chi connectivity index (χ2v) is 5.34. The van der Waals surface area contributed by atoms with Gasteiger partial charge in [0.05, 0.1) is 18.8 Å². The molecule has 0 amide bonds. The van der Waals surface area contributed by atoms with E-state index < -0.39 is 0 Å². The number of nitrogens with zero attached hydrogens (tertiary/aromatic N) is 1. The number of β-amino-alcohol motifs (C(OH)–C–C–N with tert-alkyl or cyclic N) is 1. The fourth-order valence-electron chi connectivity index (χ4n) is 2.15. The number of methoxy groups -OCH3 is 1. The molecule has 18 heavy (non-hydrogen) atoms. The summed E-state index contributed by atoms with van der Waals surface area (Å²) < 4.78 is 5.43. The smallest absolute Gasteiger partial charge is 0.338 e. The van der Waals surface area contributed by atoms with Crippen molar-refractivity contribution in [3.8, 4) is 0 Å². The number of esters is 1. The van der Waals surface area contributed by atoms with Crippen LogP contribution in [0.3, 0.4) is 0 Å². The van der Waals surface area contributed by atoms with Crippen LogP contribution in [0, 0.1) is 0 Å². The first kappa shape index (κ1) is 13.5. The minimum absolute atomic E-state index is 0.206. The van der Waals surface area contributed by atoms with Crippen molar-refractivity contribution >= 4 is 21.9 Å². The van der Waals surface area contributed by atoms with E-state index in [9.17, 15) is 9.90 Å². The lowest BCUT2D eigenvalue weighted by atomic mass is 10.1. The van der Waals surface area contributed by atoms with Crippen molar-refractivity contribution in [2.45, 2.75) is 19.1 Å². The summed E-state index contributed by atoms with van der Waals surface area (Å²) >= 11 is 3.38. The summed E-state index contributed by atoms with van der Waals surface area (Å²) in [7, 11) is 1.37. The summed E-state index contributed by atoms with van der Waals surface area (Å²) in [6.45, 7) is 2.42. The van der Waals surface area contributed by atoms with Crippen LogP contribution in [0.25, 0.3) is 0 Å². The molecule has 1 heterocycles. The van der Waals surface area contributed by atoms with Crippen molar-refractivity contribution in [1.82, 2.24) is 4.90 Å². The first-order valence-electron chi connectivity index (χ1n) is 5.87. The van der Waals surface area contributed by atoms with Gasteiger partial charge in [0.25, 0.3) is 0 Å². The summed E-state index contributed by atoms with van der Waals surface area (Å²) in [5, 5.41) is 9.47. The molecule has 0 radical (unpaired) electrons. The highest BCUT2D eigenvalue weighted by Gasteiger charge is 2.20. The Morgan fingerprint density at radius 3 is 2.94 bits per heavy atom. The van der Waals surface area contributed by atoms with Gasteiger partial charge in [0.2, 0.25) is 0 Å². The Labute approximate surface area is 115 Å². The summed E-state index contributed by atoms with van der Waals surface area (Å²) in [6, 6.07) is 5.61. The predicted octanol–water partition coefficient (Wildman–Crippen LogP) is 1.80. The van der Waals surface area contributed by atoms with Crippen molar-refractivity contribution < 1.29 is 14.6 Å². The maximum Gasteiger partial charge on any atom is 0.338 e. The van der Waals surface area contributed by atoms with Crippen molar-refractivity contribution in [3.05, 3.63) is 33.8 Å². The van der Waals surface area contributed by atoms with Crippen molar-refractivity contribution in [2.24, 2.45) is 0 Å².